The predicted molar refractivity (Wildman–Crippen MR) is 57.5 cm³/mol. The van der Waals surface area contributed by atoms with E-state index in [-0.39, 0.29) is 11.9 Å². The highest BCUT2D eigenvalue weighted by Gasteiger charge is 2.20. The van der Waals surface area contributed by atoms with Gasteiger partial charge in [0.1, 0.15) is 0 Å². The van der Waals surface area contributed by atoms with Crippen molar-refractivity contribution >= 4 is 0 Å². The molecule has 1 aliphatic rings. The summed E-state index contributed by atoms with van der Waals surface area (Å²) in [6.45, 7) is 0. The molecule has 2 rings (SSSR count). The number of ether oxygens (including phenoxy) is 2. The maximum Gasteiger partial charge on any atom is 0.203 e. The zero-order valence-corrected chi connectivity index (χ0v) is 8.90. The smallest absolute Gasteiger partial charge is 0.203 e. The number of phenolic OH excluding ortho intramolecular Hbond substituents is 1. The van der Waals surface area contributed by atoms with Gasteiger partial charge in [-0.15, -0.1) is 0 Å². The molecule has 3 heteroatoms. The zero-order valence-electron chi connectivity index (χ0n) is 8.90. The predicted octanol–water partition coefficient (Wildman–Crippen LogP) is 2.72. The van der Waals surface area contributed by atoms with Gasteiger partial charge in [0.05, 0.1) is 13.2 Å². The molecule has 1 aliphatic carbocycles. The molecule has 0 heterocycles. The largest absolute Gasteiger partial charge is 0.504 e. The van der Waals surface area contributed by atoms with Crippen molar-refractivity contribution in [1.29, 1.82) is 0 Å². The van der Waals surface area contributed by atoms with Gasteiger partial charge in [0.15, 0.2) is 11.5 Å². The summed E-state index contributed by atoms with van der Waals surface area (Å²) in [5, 5.41) is 9.68. The molecule has 82 valence electrons. The number of phenols is 1. The maximum atomic E-state index is 9.68. The van der Waals surface area contributed by atoms with Crippen LogP contribution in [0.25, 0.3) is 0 Å². The van der Waals surface area contributed by atoms with E-state index in [9.17, 15) is 5.11 Å². The van der Waals surface area contributed by atoms with Crippen molar-refractivity contribution in [2.75, 3.05) is 7.11 Å². The summed E-state index contributed by atoms with van der Waals surface area (Å²) in [6.07, 6.45) is 4.78. The minimum atomic E-state index is 0.154. The van der Waals surface area contributed by atoms with Gasteiger partial charge >= 0.3 is 0 Å². The van der Waals surface area contributed by atoms with Crippen molar-refractivity contribution in [2.24, 2.45) is 0 Å². The molecule has 3 nitrogen and oxygen atoms in total. The van der Waals surface area contributed by atoms with Gasteiger partial charge in [-0.25, -0.2) is 0 Å². The minimum Gasteiger partial charge on any atom is -0.504 e. The molecule has 0 saturated heterocycles. The molecule has 1 aromatic rings. The van der Waals surface area contributed by atoms with E-state index in [0.29, 0.717) is 11.5 Å². The fourth-order valence-corrected chi connectivity index (χ4v) is 1.96. The van der Waals surface area contributed by atoms with Gasteiger partial charge in [-0.05, 0) is 37.8 Å². The Labute approximate surface area is 89.6 Å². The Morgan fingerprint density at radius 3 is 2.67 bits per heavy atom. The topological polar surface area (TPSA) is 38.7 Å². The maximum absolute atomic E-state index is 9.68. The van der Waals surface area contributed by atoms with Crippen LogP contribution >= 0.6 is 0 Å². The third kappa shape index (κ3) is 2.17. The van der Waals surface area contributed by atoms with E-state index < -0.39 is 0 Å². The standard InChI is InChI=1S/C12H16O3/c1-14-11-8-4-7-10(13)12(11)15-9-5-2-3-6-9/h4,7-9,13H,2-3,5-6H2,1H3. The molecule has 0 unspecified atom stereocenters. The van der Waals surface area contributed by atoms with Crippen LogP contribution < -0.4 is 9.47 Å². The molecule has 1 fully saturated rings. The molecule has 0 atom stereocenters. The van der Waals surface area contributed by atoms with E-state index in [1.165, 1.54) is 12.8 Å². The molecule has 1 N–H and O–H groups in total. The van der Waals surface area contributed by atoms with Crippen LogP contribution in [-0.2, 0) is 0 Å². The molecule has 1 aromatic carbocycles. The second-order valence-electron chi connectivity index (χ2n) is 3.83. The summed E-state index contributed by atoms with van der Waals surface area (Å²) >= 11 is 0. The highest BCUT2D eigenvalue weighted by molar-refractivity contribution is 5.50. The van der Waals surface area contributed by atoms with Gasteiger partial charge < -0.3 is 14.6 Å². The summed E-state index contributed by atoms with van der Waals surface area (Å²) in [5.74, 6) is 1.23. The van der Waals surface area contributed by atoms with Crippen LogP contribution in [0.3, 0.4) is 0 Å². The quantitative estimate of drug-likeness (QED) is 0.830. The average Bonchev–Trinajstić information content (AvgIpc) is 2.74. The fourth-order valence-electron chi connectivity index (χ4n) is 1.96. The molecule has 15 heavy (non-hydrogen) atoms. The number of benzene rings is 1. The van der Waals surface area contributed by atoms with Crippen LogP contribution in [0.4, 0.5) is 0 Å². The zero-order chi connectivity index (χ0) is 10.7. The molecular formula is C12H16O3. The lowest BCUT2D eigenvalue weighted by molar-refractivity contribution is 0.192. The second-order valence-corrected chi connectivity index (χ2v) is 3.83. The van der Waals surface area contributed by atoms with Crippen LogP contribution in [-0.4, -0.2) is 18.3 Å². The average molecular weight is 208 g/mol. The van der Waals surface area contributed by atoms with E-state index in [1.54, 1.807) is 25.3 Å². The van der Waals surface area contributed by atoms with Gasteiger partial charge in [0, 0.05) is 0 Å². The molecule has 0 bridgehead atoms. The van der Waals surface area contributed by atoms with Crippen molar-refractivity contribution in [3.63, 3.8) is 0 Å². The number of hydrogen-bond donors (Lipinski definition) is 1. The molecule has 0 aromatic heterocycles. The highest BCUT2D eigenvalue weighted by atomic mass is 16.5. The Morgan fingerprint density at radius 2 is 2.00 bits per heavy atom. The summed E-state index contributed by atoms with van der Waals surface area (Å²) in [7, 11) is 1.58. The van der Waals surface area contributed by atoms with Crippen LogP contribution in [0, 0.1) is 0 Å². The molecular weight excluding hydrogens is 192 g/mol. The van der Waals surface area contributed by atoms with Crippen LogP contribution in [0.2, 0.25) is 0 Å². The summed E-state index contributed by atoms with van der Waals surface area (Å²) in [4.78, 5) is 0. The molecule has 1 saturated carbocycles. The first kappa shape index (κ1) is 10.1. The third-order valence-electron chi connectivity index (χ3n) is 2.76. The number of aromatic hydroxyl groups is 1. The van der Waals surface area contributed by atoms with Gasteiger partial charge in [-0.1, -0.05) is 6.07 Å². The van der Waals surface area contributed by atoms with Crippen molar-refractivity contribution in [3.8, 4) is 17.2 Å². The number of para-hydroxylation sites is 1. The van der Waals surface area contributed by atoms with Gasteiger partial charge in [0.25, 0.3) is 0 Å². The van der Waals surface area contributed by atoms with Crippen molar-refractivity contribution < 1.29 is 14.6 Å². The normalized spacial score (nSPS) is 16.6. The van der Waals surface area contributed by atoms with E-state index >= 15 is 0 Å². The number of methoxy groups -OCH3 is 1. The Morgan fingerprint density at radius 1 is 1.27 bits per heavy atom. The Hall–Kier alpha value is -1.38. The molecule has 0 radical (unpaired) electrons. The highest BCUT2D eigenvalue weighted by Crippen LogP contribution is 2.38. The van der Waals surface area contributed by atoms with Gasteiger partial charge in [-0.2, -0.15) is 0 Å². The Bertz CT molecular complexity index is 330. The third-order valence-corrected chi connectivity index (χ3v) is 2.76. The van der Waals surface area contributed by atoms with E-state index in [4.69, 9.17) is 9.47 Å². The molecule has 0 amide bonds. The van der Waals surface area contributed by atoms with Crippen LogP contribution in [0.5, 0.6) is 17.2 Å². The summed E-state index contributed by atoms with van der Waals surface area (Å²) in [5.41, 5.74) is 0. The fraction of sp³-hybridized carbons (Fsp3) is 0.500. The Kier molecular flexibility index (Phi) is 2.99. The first-order valence-corrected chi connectivity index (χ1v) is 5.34. The minimum absolute atomic E-state index is 0.154. The van der Waals surface area contributed by atoms with Crippen molar-refractivity contribution in [1.82, 2.24) is 0 Å². The van der Waals surface area contributed by atoms with E-state index in [2.05, 4.69) is 0 Å². The van der Waals surface area contributed by atoms with Crippen LogP contribution in [0.1, 0.15) is 25.7 Å². The lowest BCUT2D eigenvalue weighted by Gasteiger charge is -2.16. The summed E-state index contributed by atoms with van der Waals surface area (Å²) < 4.78 is 10.9. The van der Waals surface area contributed by atoms with E-state index in [0.717, 1.165) is 12.8 Å². The molecule has 0 spiro atoms. The number of rotatable bonds is 3. The van der Waals surface area contributed by atoms with Crippen molar-refractivity contribution in [2.45, 2.75) is 31.8 Å². The molecule has 0 aliphatic heterocycles. The van der Waals surface area contributed by atoms with Gasteiger partial charge in [0.2, 0.25) is 5.75 Å². The SMILES string of the molecule is COc1cccc(O)c1OC1CCCC1. The first-order chi connectivity index (χ1) is 7.31. The number of hydrogen-bond acceptors (Lipinski definition) is 3. The van der Waals surface area contributed by atoms with E-state index in [1.807, 2.05) is 0 Å². The monoisotopic (exact) mass is 208 g/mol. The Balaban J connectivity index is 2.17. The van der Waals surface area contributed by atoms with Crippen LogP contribution in [0.15, 0.2) is 18.2 Å². The lowest BCUT2D eigenvalue weighted by Crippen LogP contribution is -2.11. The van der Waals surface area contributed by atoms with Crippen molar-refractivity contribution in [3.05, 3.63) is 18.2 Å². The second kappa shape index (κ2) is 4.43. The summed E-state index contributed by atoms with van der Waals surface area (Å²) in [6, 6.07) is 5.16. The first-order valence-electron chi connectivity index (χ1n) is 5.34. The lowest BCUT2D eigenvalue weighted by atomic mass is 10.2. The van der Waals surface area contributed by atoms with Gasteiger partial charge in [-0.3, -0.25) is 0 Å².